The standard InChI is InChI=1S/C14H17BrN2S/c1-8-9(2)13-12(7-11(8)15)18-14(17-13)16-10-5-3-4-6-10/h7,10H,3-6H2,1-2H3,(H,16,17). The summed E-state index contributed by atoms with van der Waals surface area (Å²) in [6.07, 6.45) is 5.29. The molecule has 2 nitrogen and oxygen atoms in total. The third-order valence-electron chi connectivity index (χ3n) is 3.87. The van der Waals surface area contributed by atoms with E-state index in [1.165, 1.54) is 46.0 Å². The zero-order valence-electron chi connectivity index (χ0n) is 10.7. The van der Waals surface area contributed by atoms with Crippen LogP contribution in [-0.4, -0.2) is 11.0 Å². The Morgan fingerprint density at radius 2 is 2.00 bits per heavy atom. The van der Waals surface area contributed by atoms with Gasteiger partial charge >= 0.3 is 0 Å². The van der Waals surface area contributed by atoms with Crippen molar-refractivity contribution < 1.29 is 0 Å². The summed E-state index contributed by atoms with van der Waals surface area (Å²) in [5.74, 6) is 0. The van der Waals surface area contributed by atoms with Crippen LogP contribution in [0.2, 0.25) is 0 Å². The highest BCUT2D eigenvalue weighted by atomic mass is 79.9. The van der Waals surface area contributed by atoms with E-state index >= 15 is 0 Å². The molecule has 0 bridgehead atoms. The highest BCUT2D eigenvalue weighted by Gasteiger charge is 2.17. The molecule has 1 aromatic carbocycles. The third-order valence-corrected chi connectivity index (χ3v) is 5.63. The molecule has 0 atom stereocenters. The summed E-state index contributed by atoms with van der Waals surface area (Å²) in [7, 11) is 0. The van der Waals surface area contributed by atoms with Crippen LogP contribution in [-0.2, 0) is 0 Å². The van der Waals surface area contributed by atoms with Crippen LogP contribution < -0.4 is 5.32 Å². The molecule has 0 spiro atoms. The lowest BCUT2D eigenvalue weighted by molar-refractivity contribution is 0.754. The van der Waals surface area contributed by atoms with Gasteiger partial charge in [0.15, 0.2) is 5.13 Å². The van der Waals surface area contributed by atoms with Gasteiger partial charge in [0.05, 0.1) is 10.2 Å². The first kappa shape index (κ1) is 12.4. The van der Waals surface area contributed by atoms with Crippen molar-refractivity contribution in [1.29, 1.82) is 0 Å². The molecule has 4 heteroatoms. The maximum Gasteiger partial charge on any atom is 0.184 e. The Labute approximate surface area is 120 Å². The Kier molecular flexibility index (Phi) is 3.32. The first-order chi connectivity index (χ1) is 8.65. The van der Waals surface area contributed by atoms with Gasteiger partial charge in [-0.25, -0.2) is 4.98 Å². The SMILES string of the molecule is Cc1c(Br)cc2sc(NC3CCCC3)nc2c1C. The molecular weight excluding hydrogens is 308 g/mol. The first-order valence-corrected chi connectivity index (χ1v) is 8.09. The minimum atomic E-state index is 0.635. The van der Waals surface area contributed by atoms with Gasteiger partial charge in [-0.05, 0) is 43.9 Å². The molecule has 1 aliphatic carbocycles. The van der Waals surface area contributed by atoms with Gasteiger partial charge in [-0.2, -0.15) is 0 Å². The van der Waals surface area contributed by atoms with Crippen molar-refractivity contribution in [3.63, 3.8) is 0 Å². The highest BCUT2D eigenvalue weighted by Crippen LogP contribution is 2.35. The lowest BCUT2D eigenvalue weighted by Gasteiger charge is -2.09. The summed E-state index contributed by atoms with van der Waals surface area (Å²) >= 11 is 5.39. The summed E-state index contributed by atoms with van der Waals surface area (Å²) in [6, 6.07) is 2.82. The molecule has 1 heterocycles. The largest absolute Gasteiger partial charge is 0.359 e. The van der Waals surface area contributed by atoms with Gasteiger partial charge in [0, 0.05) is 10.5 Å². The van der Waals surface area contributed by atoms with Gasteiger partial charge in [0.25, 0.3) is 0 Å². The number of aryl methyl sites for hydroxylation is 1. The molecule has 1 fully saturated rings. The lowest BCUT2D eigenvalue weighted by Crippen LogP contribution is -2.13. The zero-order chi connectivity index (χ0) is 12.7. The fourth-order valence-corrected chi connectivity index (χ4v) is 4.31. The smallest absolute Gasteiger partial charge is 0.184 e. The van der Waals surface area contributed by atoms with E-state index in [4.69, 9.17) is 4.98 Å². The molecule has 3 rings (SSSR count). The van der Waals surface area contributed by atoms with E-state index in [2.05, 4.69) is 41.2 Å². The first-order valence-electron chi connectivity index (χ1n) is 6.48. The maximum absolute atomic E-state index is 4.76. The second kappa shape index (κ2) is 4.82. The van der Waals surface area contributed by atoms with Crippen molar-refractivity contribution in [1.82, 2.24) is 4.98 Å². The maximum atomic E-state index is 4.76. The predicted octanol–water partition coefficient (Wildman–Crippen LogP) is 5.03. The molecule has 0 amide bonds. The number of thiazole rings is 1. The van der Waals surface area contributed by atoms with Crippen LogP contribution >= 0.6 is 27.3 Å². The van der Waals surface area contributed by atoms with Crippen molar-refractivity contribution in [3.8, 4) is 0 Å². The van der Waals surface area contributed by atoms with E-state index in [-0.39, 0.29) is 0 Å². The number of halogens is 1. The number of hydrogen-bond donors (Lipinski definition) is 1. The summed E-state index contributed by atoms with van der Waals surface area (Å²) in [5.41, 5.74) is 3.73. The van der Waals surface area contributed by atoms with E-state index in [9.17, 15) is 0 Å². The molecule has 0 radical (unpaired) electrons. The van der Waals surface area contributed by atoms with E-state index in [1.54, 1.807) is 11.3 Å². The summed E-state index contributed by atoms with van der Waals surface area (Å²) in [6.45, 7) is 4.30. The number of nitrogens with one attached hydrogen (secondary N) is 1. The Bertz CT molecular complexity index is 585. The predicted molar refractivity (Wildman–Crippen MR) is 82.7 cm³/mol. The minimum Gasteiger partial charge on any atom is -0.359 e. The van der Waals surface area contributed by atoms with Crippen molar-refractivity contribution in [2.24, 2.45) is 0 Å². The van der Waals surface area contributed by atoms with E-state index in [1.807, 2.05) is 0 Å². The van der Waals surface area contributed by atoms with E-state index in [0.717, 1.165) is 10.6 Å². The van der Waals surface area contributed by atoms with Crippen LogP contribution in [0.15, 0.2) is 10.5 Å². The third kappa shape index (κ3) is 2.16. The molecule has 1 aromatic heterocycles. The number of fused-ring (bicyclic) bond motifs is 1. The number of benzene rings is 1. The molecule has 0 unspecified atom stereocenters. The molecule has 0 saturated heterocycles. The second-order valence-corrected chi connectivity index (χ2v) is 6.98. The molecule has 96 valence electrons. The number of anilines is 1. The monoisotopic (exact) mass is 324 g/mol. The van der Waals surface area contributed by atoms with Crippen LogP contribution in [0.25, 0.3) is 10.2 Å². The fraction of sp³-hybridized carbons (Fsp3) is 0.500. The highest BCUT2D eigenvalue weighted by molar-refractivity contribution is 9.10. The van der Waals surface area contributed by atoms with Gasteiger partial charge in [-0.1, -0.05) is 40.1 Å². The van der Waals surface area contributed by atoms with Gasteiger partial charge in [0.1, 0.15) is 0 Å². The van der Waals surface area contributed by atoms with Crippen LogP contribution in [0, 0.1) is 13.8 Å². The number of rotatable bonds is 2. The van der Waals surface area contributed by atoms with Crippen LogP contribution in [0.4, 0.5) is 5.13 Å². The van der Waals surface area contributed by atoms with E-state index < -0.39 is 0 Å². The van der Waals surface area contributed by atoms with Crippen LogP contribution in [0.5, 0.6) is 0 Å². The van der Waals surface area contributed by atoms with Crippen molar-refractivity contribution in [3.05, 3.63) is 21.7 Å². The molecule has 0 aliphatic heterocycles. The normalized spacial score (nSPS) is 16.6. The van der Waals surface area contributed by atoms with Crippen molar-refractivity contribution in [2.45, 2.75) is 45.6 Å². The topological polar surface area (TPSA) is 24.9 Å². The lowest BCUT2D eigenvalue weighted by atomic mass is 10.1. The summed E-state index contributed by atoms with van der Waals surface area (Å²) in [4.78, 5) is 4.76. The molecule has 1 saturated carbocycles. The second-order valence-electron chi connectivity index (χ2n) is 5.10. The average Bonchev–Trinajstić information content (AvgIpc) is 2.96. The van der Waals surface area contributed by atoms with Crippen molar-refractivity contribution in [2.75, 3.05) is 5.32 Å². The summed E-state index contributed by atoms with van der Waals surface area (Å²) in [5, 5.41) is 4.67. The number of nitrogens with zero attached hydrogens (tertiary/aromatic N) is 1. The Morgan fingerprint density at radius 1 is 1.28 bits per heavy atom. The molecule has 1 aliphatic rings. The molecule has 18 heavy (non-hydrogen) atoms. The quantitative estimate of drug-likeness (QED) is 0.837. The van der Waals surface area contributed by atoms with Crippen LogP contribution in [0.1, 0.15) is 36.8 Å². The van der Waals surface area contributed by atoms with Crippen molar-refractivity contribution >= 4 is 42.6 Å². The van der Waals surface area contributed by atoms with Gasteiger partial charge in [0.2, 0.25) is 0 Å². The zero-order valence-corrected chi connectivity index (χ0v) is 13.1. The summed E-state index contributed by atoms with van der Waals surface area (Å²) < 4.78 is 2.45. The van der Waals surface area contributed by atoms with Gasteiger partial charge in [-0.3, -0.25) is 0 Å². The average molecular weight is 325 g/mol. The Balaban J connectivity index is 1.97. The fourth-order valence-electron chi connectivity index (χ4n) is 2.59. The minimum absolute atomic E-state index is 0.635. The van der Waals surface area contributed by atoms with Gasteiger partial charge < -0.3 is 5.32 Å². The molecule has 2 aromatic rings. The molecule has 1 N–H and O–H groups in total. The van der Waals surface area contributed by atoms with E-state index in [0.29, 0.717) is 6.04 Å². The Morgan fingerprint density at radius 3 is 2.72 bits per heavy atom. The number of hydrogen-bond acceptors (Lipinski definition) is 3. The molecular formula is C14H17BrN2S. The van der Waals surface area contributed by atoms with Crippen LogP contribution in [0.3, 0.4) is 0 Å². The van der Waals surface area contributed by atoms with Gasteiger partial charge in [-0.15, -0.1) is 0 Å². The Hall–Kier alpha value is -0.610. The number of aromatic nitrogens is 1.